The van der Waals surface area contributed by atoms with E-state index < -0.39 is 53.0 Å². The monoisotopic (exact) mass is 598 g/mol. The molecule has 1 aromatic rings. The molecule has 1 aromatic carbocycles. The normalized spacial score (nSPS) is 32.3. The lowest BCUT2D eigenvalue weighted by atomic mass is 9.54. The average Bonchev–Trinajstić information content (AvgIpc) is 2.77. The minimum atomic E-state index is -2.59. The third-order valence-corrected chi connectivity index (χ3v) is 8.66. The molecule has 35 heavy (non-hydrogen) atoms. The smallest absolute Gasteiger partial charge is 0.230 e. The molecule has 0 bridgehead atoms. The third-order valence-electron chi connectivity index (χ3n) is 7.65. The van der Waals surface area contributed by atoms with E-state index in [1.54, 1.807) is 25.1 Å². The van der Waals surface area contributed by atoms with Crippen LogP contribution >= 0.6 is 22.6 Å². The maximum Gasteiger partial charge on any atom is 0.230 e. The molecule has 6 atom stereocenters. The van der Waals surface area contributed by atoms with Crippen molar-refractivity contribution in [3.63, 3.8) is 0 Å². The number of Topliss-reactive ketones (excluding diaryl/α,β-unsaturated/α-hetero) is 2. The van der Waals surface area contributed by atoms with Crippen LogP contribution in [0.4, 0.5) is 0 Å². The number of hydrogen-bond acceptors (Lipinski definition) is 8. The van der Waals surface area contributed by atoms with Crippen LogP contribution in [0.25, 0.3) is 5.76 Å². The largest absolute Gasteiger partial charge is 0.507 e. The highest BCUT2D eigenvalue weighted by Crippen LogP contribution is 2.52. The van der Waals surface area contributed by atoms with Crippen LogP contribution in [0.5, 0.6) is 5.75 Å². The summed E-state index contributed by atoms with van der Waals surface area (Å²) in [6, 6.07) is 2.77. The molecule has 2 unspecified atom stereocenters. The molecule has 190 valence electrons. The second-order valence-corrected chi connectivity index (χ2v) is 11.1. The fraction of sp³-hybridized carbons (Fsp3) is 0.560. The van der Waals surface area contributed by atoms with Gasteiger partial charge in [0.2, 0.25) is 11.7 Å². The number of unbranched alkanes of at least 4 members (excludes halogenated alkanes) is 1. The number of ether oxygens (including phenoxy) is 1. The van der Waals surface area contributed by atoms with Crippen molar-refractivity contribution in [1.82, 2.24) is 4.90 Å². The van der Waals surface area contributed by atoms with Crippen molar-refractivity contribution in [3.8, 4) is 5.75 Å². The molecule has 3 aliphatic rings. The van der Waals surface area contributed by atoms with Crippen LogP contribution in [0.2, 0.25) is 0 Å². The Morgan fingerprint density at radius 3 is 2.60 bits per heavy atom. The molecule has 0 spiro atoms. The molecular weight excluding hydrogens is 567 g/mol. The number of primary amides is 1. The van der Waals surface area contributed by atoms with Crippen LogP contribution < -0.4 is 10.5 Å². The summed E-state index contributed by atoms with van der Waals surface area (Å²) in [6.45, 7) is 2.48. The fourth-order valence-electron chi connectivity index (χ4n) is 6.00. The van der Waals surface area contributed by atoms with Crippen LogP contribution in [0.1, 0.15) is 37.3 Å². The van der Waals surface area contributed by atoms with Gasteiger partial charge in [0, 0.05) is 21.1 Å². The van der Waals surface area contributed by atoms with Crippen LogP contribution in [0, 0.1) is 21.3 Å². The number of ketones is 2. The van der Waals surface area contributed by atoms with Crippen molar-refractivity contribution < 1.29 is 34.4 Å². The summed E-state index contributed by atoms with van der Waals surface area (Å²) >= 11 is 2.18. The van der Waals surface area contributed by atoms with E-state index in [2.05, 4.69) is 22.6 Å². The lowest BCUT2D eigenvalue weighted by molar-refractivity contribution is -0.184. The molecule has 0 aliphatic heterocycles. The number of carbonyl (C=O) groups excluding carboxylic acids is 3. The Bertz CT molecular complexity index is 1120. The summed E-state index contributed by atoms with van der Waals surface area (Å²) in [5.74, 6) is -6.23. The minimum absolute atomic E-state index is 0.0379. The Balaban J connectivity index is 1.87. The number of carbonyl (C=O) groups is 3. The first-order valence-corrected chi connectivity index (χ1v) is 12.9. The van der Waals surface area contributed by atoms with Crippen LogP contribution in [0.15, 0.2) is 17.7 Å². The Labute approximate surface area is 217 Å². The SMILES string of the molecule is CCCCOc1ccc(I)c2c1C(O)=C1C(=O)[C@]3(O)C(=O)C(C(N)=O)C(O)[C@@H](N(C)C)[C@@H]3C[C@@H]1C2. The lowest BCUT2D eigenvalue weighted by Gasteiger charge is -2.53. The van der Waals surface area contributed by atoms with Gasteiger partial charge in [0.15, 0.2) is 11.4 Å². The van der Waals surface area contributed by atoms with Crippen molar-refractivity contribution in [2.75, 3.05) is 20.7 Å². The van der Waals surface area contributed by atoms with Gasteiger partial charge < -0.3 is 30.7 Å². The topological polar surface area (TPSA) is 150 Å². The van der Waals surface area contributed by atoms with Crippen LogP contribution in [0.3, 0.4) is 0 Å². The van der Waals surface area contributed by atoms with Gasteiger partial charge in [0.25, 0.3) is 0 Å². The second kappa shape index (κ2) is 9.45. The van der Waals surface area contributed by atoms with Gasteiger partial charge in [-0.3, -0.25) is 14.4 Å². The highest BCUT2D eigenvalue weighted by atomic mass is 127. The van der Waals surface area contributed by atoms with Gasteiger partial charge in [0.05, 0.1) is 18.3 Å². The van der Waals surface area contributed by atoms with E-state index in [-0.39, 0.29) is 17.8 Å². The van der Waals surface area contributed by atoms with Crippen LogP contribution in [-0.2, 0) is 20.8 Å². The van der Waals surface area contributed by atoms with Crippen molar-refractivity contribution >= 4 is 45.8 Å². The molecule has 2 saturated carbocycles. The first kappa shape index (κ1) is 26.1. The average molecular weight is 598 g/mol. The molecule has 0 heterocycles. The number of aliphatic hydroxyl groups is 3. The van der Waals surface area contributed by atoms with Crippen molar-refractivity contribution in [2.24, 2.45) is 23.5 Å². The number of benzene rings is 1. The van der Waals surface area contributed by atoms with E-state index in [0.717, 1.165) is 22.0 Å². The molecule has 5 N–H and O–H groups in total. The van der Waals surface area contributed by atoms with Crippen molar-refractivity contribution in [3.05, 3.63) is 32.4 Å². The molecular formula is C25H31IN2O7. The maximum atomic E-state index is 13.9. The van der Waals surface area contributed by atoms with Crippen molar-refractivity contribution in [1.29, 1.82) is 0 Å². The maximum absolute atomic E-state index is 13.9. The zero-order chi connectivity index (χ0) is 25.8. The number of hydrogen-bond donors (Lipinski definition) is 4. The number of fused-ring (bicyclic) bond motifs is 3. The fourth-order valence-corrected chi connectivity index (χ4v) is 6.67. The molecule has 1 amide bonds. The summed E-state index contributed by atoms with van der Waals surface area (Å²) in [4.78, 5) is 40.9. The number of nitrogens with two attached hydrogens (primary N) is 1. The standard InChI is InChI=1S/C25H31IN2O7/c1-4-5-8-35-15-7-6-14(26)12-9-11-10-13-19(28(2)3)21(30)18(24(27)33)23(32)25(13,34)22(31)16(11)20(29)17(12)15/h6-7,11,13,18-19,21,29-30,34H,4-5,8-10H2,1-3H3,(H2,27,33)/t11-,13-,18?,19-,21?,25-/m0/s1. The highest BCUT2D eigenvalue weighted by molar-refractivity contribution is 14.1. The zero-order valence-corrected chi connectivity index (χ0v) is 22.1. The Morgan fingerprint density at radius 1 is 1.31 bits per heavy atom. The Kier molecular flexibility index (Phi) is 7.04. The lowest BCUT2D eigenvalue weighted by Crippen LogP contribution is -2.73. The van der Waals surface area contributed by atoms with E-state index in [1.165, 1.54) is 0 Å². The molecule has 2 fully saturated rings. The van der Waals surface area contributed by atoms with Crippen LogP contribution in [-0.4, -0.2) is 76.1 Å². The van der Waals surface area contributed by atoms with Gasteiger partial charge in [0.1, 0.15) is 17.4 Å². The molecule has 3 aliphatic carbocycles. The quantitative estimate of drug-likeness (QED) is 0.217. The number of likely N-dealkylation sites (N-methyl/N-ethyl adjacent to an activating group) is 1. The molecule has 9 nitrogen and oxygen atoms in total. The van der Waals surface area contributed by atoms with Gasteiger partial charge in [-0.15, -0.1) is 0 Å². The summed E-state index contributed by atoms with van der Waals surface area (Å²) < 4.78 is 6.81. The van der Waals surface area contributed by atoms with E-state index in [4.69, 9.17) is 10.5 Å². The van der Waals surface area contributed by atoms with Gasteiger partial charge in [-0.2, -0.15) is 0 Å². The summed E-state index contributed by atoms with van der Waals surface area (Å²) in [5.41, 5.74) is 4.02. The number of aliphatic hydroxyl groups excluding tert-OH is 2. The second-order valence-electron chi connectivity index (χ2n) is 9.89. The molecule has 0 aromatic heterocycles. The van der Waals surface area contributed by atoms with Gasteiger partial charge >= 0.3 is 0 Å². The summed E-state index contributed by atoms with van der Waals surface area (Å²) in [6.07, 6.45) is 0.839. The number of rotatable bonds is 6. The van der Waals surface area contributed by atoms with Gasteiger partial charge in [-0.1, -0.05) is 13.3 Å². The molecule has 0 saturated heterocycles. The molecule has 0 radical (unpaired) electrons. The predicted molar refractivity (Wildman–Crippen MR) is 136 cm³/mol. The first-order valence-electron chi connectivity index (χ1n) is 11.8. The number of nitrogens with zero attached hydrogens (tertiary/aromatic N) is 1. The van der Waals surface area contributed by atoms with Gasteiger partial charge in [-0.25, -0.2) is 0 Å². The Hall–Kier alpha value is -2.02. The number of amides is 1. The number of halogens is 1. The molecule has 10 heteroatoms. The first-order chi connectivity index (χ1) is 16.5. The minimum Gasteiger partial charge on any atom is -0.507 e. The van der Waals surface area contributed by atoms with E-state index in [9.17, 15) is 29.7 Å². The van der Waals surface area contributed by atoms with E-state index in [0.29, 0.717) is 24.3 Å². The Morgan fingerprint density at radius 2 is 2.00 bits per heavy atom. The zero-order valence-electron chi connectivity index (χ0n) is 20.0. The van der Waals surface area contributed by atoms with E-state index >= 15 is 0 Å². The third kappa shape index (κ3) is 3.89. The molecule has 4 rings (SSSR count). The highest BCUT2D eigenvalue weighted by Gasteiger charge is 2.67. The summed E-state index contributed by atoms with van der Waals surface area (Å²) in [7, 11) is 3.29. The van der Waals surface area contributed by atoms with E-state index in [1.807, 2.05) is 13.0 Å². The predicted octanol–water partition coefficient (Wildman–Crippen LogP) is 1.21. The van der Waals surface area contributed by atoms with Crippen molar-refractivity contribution in [2.45, 2.75) is 50.4 Å². The van der Waals surface area contributed by atoms with Gasteiger partial charge in [-0.05, 0) is 79.6 Å². The summed E-state index contributed by atoms with van der Waals surface area (Å²) in [5, 5.41) is 34.0.